The third-order valence-electron chi connectivity index (χ3n) is 6.07. The molecule has 0 aliphatic carbocycles. The molecule has 0 spiro atoms. The molecule has 1 amide bonds. The average Bonchev–Trinajstić information content (AvgIpc) is 3.33. The molecule has 8 nitrogen and oxygen atoms in total. The van der Waals surface area contributed by atoms with Gasteiger partial charge in [0.25, 0.3) is 11.6 Å². The van der Waals surface area contributed by atoms with Gasteiger partial charge in [0, 0.05) is 62.1 Å². The summed E-state index contributed by atoms with van der Waals surface area (Å²) in [5.41, 5.74) is 2.64. The van der Waals surface area contributed by atoms with Crippen molar-refractivity contribution in [3.05, 3.63) is 63.7 Å². The molecule has 8 heteroatoms. The number of Topliss-reactive ketones (excluding diaryl/α,β-unsaturated/α-hetero) is 1. The van der Waals surface area contributed by atoms with Crippen molar-refractivity contribution < 1.29 is 14.5 Å². The molecule has 0 aromatic heterocycles. The lowest BCUT2D eigenvalue weighted by Gasteiger charge is -2.36. The van der Waals surface area contributed by atoms with Gasteiger partial charge in [0.05, 0.1) is 4.92 Å². The molecule has 0 saturated carbocycles. The second-order valence-corrected chi connectivity index (χ2v) is 8.04. The molecule has 0 atom stereocenters. The van der Waals surface area contributed by atoms with E-state index in [-0.39, 0.29) is 17.4 Å². The summed E-state index contributed by atoms with van der Waals surface area (Å²) in [6.07, 6.45) is 2.05. The second kappa shape index (κ2) is 8.75. The van der Waals surface area contributed by atoms with Gasteiger partial charge in [0.2, 0.25) is 0 Å². The lowest BCUT2D eigenvalue weighted by Crippen LogP contribution is -2.48. The van der Waals surface area contributed by atoms with Gasteiger partial charge in [-0.1, -0.05) is 0 Å². The van der Waals surface area contributed by atoms with Crippen LogP contribution in [0.4, 0.5) is 17.1 Å². The number of hydrogen-bond acceptors (Lipinski definition) is 6. The summed E-state index contributed by atoms with van der Waals surface area (Å²) in [7, 11) is 0. The minimum Gasteiger partial charge on any atom is -0.368 e. The largest absolute Gasteiger partial charge is 0.368 e. The van der Waals surface area contributed by atoms with Crippen LogP contribution >= 0.6 is 0 Å². The van der Waals surface area contributed by atoms with Crippen molar-refractivity contribution >= 4 is 28.8 Å². The van der Waals surface area contributed by atoms with Gasteiger partial charge in [0.1, 0.15) is 5.69 Å². The molecule has 2 saturated heterocycles. The molecule has 2 aliphatic heterocycles. The van der Waals surface area contributed by atoms with E-state index in [2.05, 4.69) is 4.90 Å². The van der Waals surface area contributed by atoms with Crippen molar-refractivity contribution in [1.82, 2.24) is 4.90 Å². The first-order valence-corrected chi connectivity index (χ1v) is 10.6. The number of nitro benzene ring substituents is 1. The first-order valence-electron chi connectivity index (χ1n) is 10.6. The summed E-state index contributed by atoms with van der Waals surface area (Å²) in [5, 5.41) is 11.6. The van der Waals surface area contributed by atoms with Crippen molar-refractivity contribution in [3.63, 3.8) is 0 Å². The van der Waals surface area contributed by atoms with Crippen LogP contribution in [0.3, 0.4) is 0 Å². The molecule has 0 N–H and O–H groups in total. The van der Waals surface area contributed by atoms with Gasteiger partial charge >= 0.3 is 0 Å². The summed E-state index contributed by atoms with van der Waals surface area (Å²) in [5.74, 6) is -0.144. The van der Waals surface area contributed by atoms with Crippen LogP contribution in [0.1, 0.15) is 40.5 Å². The maximum absolute atomic E-state index is 13.0. The average molecular weight is 422 g/mol. The van der Waals surface area contributed by atoms with E-state index in [1.54, 1.807) is 24.0 Å². The Morgan fingerprint density at radius 1 is 0.839 bits per heavy atom. The normalized spacial score (nSPS) is 16.5. The van der Waals surface area contributed by atoms with Crippen LogP contribution in [0.25, 0.3) is 0 Å². The minimum absolute atomic E-state index is 0.00283. The number of nitrogens with zero attached hydrogens (tertiary/aromatic N) is 4. The number of rotatable bonds is 5. The van der Waals surface area contributed by atoms with Gasteiger partial charge in [-0.05, 0) is 56.2 Å². The Hall–Kier alpha value is -3.42. The van der Waals surface area contributed by atoms with Gasteiger partial charge in [-0.2, -0.15) is 0 Å². The summed E-state index contributed by atoms with van der Waals surface area (Å²) in [6, 6.07) is 12.3. The minimum atomic E-state index is -0.396. The van der Waals surface area contributed by atoms with E-state index in [0.717, 1.165) is 31.6 Å². The van der Waals surface area contributed by atoms with E-state index in [9.17, 15) is 19.7 Å². The lowest BCUT2D eigenvalue weighted by molar-refractivity contribution is -0.384. The molecule has 2 aliphatic rings. The smallest absolute Gasteiger partial charge is 0.293 e. The predicted molar refractivity (Wildman–Crippen MR) is 119 cm³/mol. The monoisotopic (exact) mass is 422 g/mol. The van der Waals surface area contributed by atoms with Crippen molar-refractivity contribution in [2.75, 3.05) is 49.1 Å². The molecule has 2 heterocycles. The van der Waals surface area contributed by atoms with E-state index < -0.39 is 4.92 Å². The zero-order chi connectivity index (χ0) is 22.0. The van der Waals surface area contributed by atoms with Gasteiger partial charge in [0.15, 0.2) is 5.78 Å². The number of carbonyl (C=O) groups excluding carboxylic acids is 2. The molecule has 0 radical (unpaired) electrons. The molecule has 0 bridgehead atoms. The Morgan fingerprint density at radius 3 is 2.03 bits per heavy atom. The number of benzene rings is 2. The second-order valence-electron chi connectivity index (χ2n) is 8.04. The third kappa shape index (κ3) is 4.38. The zero-order valence-electron chi connectivity index (χ0n) is 17.6. The first-order chi connectivity index (χ1) is 14.9. The number of piperazine rings is 1. The Balaban J connectivity index is 1.44. The maximum atomic E-state index is 13.0. The fraction of sp³-hybridized carbons (Fsp3) is 0.391. The molecule has 4 rings (SSSR count). The molecule has 162 valence electrons. The Labute approximate surface area is 181 Å². The van der Waals surface area contributed by atoms with Crippen LogP contribution in [0.2, 0.25) is 0 Å². The molecular weight excluding hydrogens is 396 g/mol. The first kappa shape index (κ1) is 20.8. The van der Waals surface area contributed by atoms with Crippen molar-refractivity contribution in [2.45, 2.75) is 19.8 Å². The van der Waals surface area contributed by atoms with Crippen molar-refractivity contribution in [1.29, 1.82) is 0 Å². The third-order valence-corrected chi connectivity index (χ3v) is 6.07. The molecule has 2 aromatic carbocycles. The van der Waals surface area contributed by atoms with Crippen LogP contribution in [-0.4, -0.2) is 60.8 Å². The molecule has 0 unspecified atom stereocenters. The summed E-state index contributed by atoms with van der Waals surface area (Å²) in [4.78, 5) is 41.6. The molecular formula is C23H26N4O4. The van der Waals surface area contributed by atoms with Gasteiger partial charge < -0.3 is 14.7 Å². The molecule has 31 heavy (non-hydrogen) atoms. The van der Waals surface area contributed by atoms with E-state index in [1.807, 2.05) is 29.2 Å². The summed E-state index contributed by atoms with van der Waals surface area (Å²) >= 11 is 0. The van der Waals surface area contributed by atoms with Gasteiger partial charge in [-0.25, -0.2) is 0 Å². The fourth-order valence-electron chi connectivity index (χ4n) is 4.29. The van der Waals surface area contributed by atoms with Crippen LogP contribution in [0, 0.1) is 10.1 Å². The van der Waals surface area contributed by atoms with E-state index in [0.29, 0.717) is 43.0 Å². The fourth-order valence-corrected chi connectivity index (χ4v) is 4.29. The Morgan fingerprint density at radius 2 is 1.45 bits per heavy atom. The number of nitro groups is 1. The van der Waals surface area contributed by atoms with E-state index in [4.69, 9.17) is 0 Å². The van der Waals surface area contributed by atoms with Crippen LogP contribution in [-0.2, 0) is 0 Å². The Bertz CT molecular complexity index is 991. The topological polar surface area (TPSA) is 87.0 Å². The van der Waals surface area contributed by atoms with E-state index >= 15 is 0 Å². The molecule has 2 aromatic rings. The number of anilines is 2. The quantitative estimate of drug-likeness (QED) is 0.417. The van der Waals surface area contributed by atoms with Gasteiger partial charge in [-0.3, -0.25) is 19.7 Å². The van der Waals surface area contributed by atoms with Crippen LogP contribution in [0.5, 0.6) is 0 Å². The predicted octanol–water partition coefficient (Wildman–Crippen LogP) is 3.36. The van der Waals surface area contributed by atoms with Crippen LogP contribution < -0.4 is 9.80 Å². The highest BCUT2D eigenvalue weighted by molar-refractivity contribution is 5.96. The summed E-state index contributed by atoms with van der Waals surface area (Å²) in [6.45, 7) is 5.57. The maximum Gasteiger partial charge on any atom is 0.293 e. The highest BCUT2D eigenvalue weighted by Crippen LogP contribution is 2.32. The standard InChI is InChI=1S/C23H26N4O4/c1-17(28)18-4-7-20(8-5-18)24-12-14-26(15-13-24)23(29)19-6-9-21(22(16-19)27(30)31)25-10-2-3-11-25/h4-9,16H,2-3,10-15H2,1H3. The SMILES string of the molecule is CC(=O)c1ccc(N2CCN(C(=O)c3ccc(N4CCCC4)c([N+](=O)[O-])c3)CC2)cc1. The van der Waals surface area contributed by atoms with Crippen LogP contribution in [0.15, 0.2) is 42.5 Å². The zero-order valence-corrected chi connectivity index (χ0v) is 17.6. The summed E-state index contributed by atoms with van der Waals surface area (Å²) < 4.78 is 0. The number of ketones is 1. The highest BCUT2D eigenvalue weighted by Gasteiger charge is 2.27. The van der Waals surface area contributed by atoms with Crippen molar-refractivity contribution in [3.8, 4) is 0 Å². The van der Waals surface area contributed by atoms with Gasteiger partial charge in [-0.15, -0.1) is 0 Å². The number of carbonyl (C=O) groups is 2. The lowest BCUT2D eigenvalue weighted by atomic mass is 10.1. The Kier molecular flexibility index (Phi) is 5.88. The number of amides is 1. The van der Waals surface area contributed by atoms with Crippen molar-refractivity contribution in [2.24, 2.45) is 0 Å². The van der Waals surface area contributed by atoms with E-state index in [1.165, 1.54) is 6.07 Å². The highest BCUT2D eigenvalue weighted by atomic mass is 16.6. The molecule has 2 fully saturated rings. The number of hydrogen-bond donors (Lipinski definition) is 0.